The molecule has 31 heavy (non-hydrogen) atoms. The maximum atomic E-state index is 14.1. The Bertz CT molecular complexity index is 1100. The molecular formula is C22H23ClF3N3O2. The first kappa shape index (κ1) is 22.9. The SMILES string of the molecule is Cc1cc(CN(C)C(=O)c2c(-c3ccc(Cl)cc3)c(C)c(C(F)(F)F)n2C(C)C)no1. The van der Waals surface area contributed by atoms with Crippen LogP contribution in [-0.4, -0.2) is 27.6 Å². The number of benzene rings is 1. The summed E-state index contributed by atoms with van der Waals surface area (Å²) in [5, 5.41) is 4.32. The lowest BCUT2D eigenvalue weighted by Gasteiger charge is -2.22. The van der Waals surface area contributed by atoms with E-state index in [0.29, 0.717) is 22.0 Å². The quantitative estimate of drug-likeness (QED) is 0.456. The molecule has 5 nitrogen and oxygen atoms in total. The first-order valence-corrected chi connectivity index (χ1v) is 10.0. The highest BCUT2D eigenvalue weighted by atomic mass is 35.5. The first-order valence-electron chi connectivity index (χ1n) is 9.67. The third kappa shape index (κ3) is 4.49. The van der Waals surface area contributed by atoms with Crippen LogP contribution in [0.1, 0.15) is 53.1 Å². The fourth-order valence-corrected chi connectivity index (χ4v) is 3.87. The first-order chi connectivity index (χ1) is 14.4. The summed E-state index contributed by atoms with van der Waals surface area (Å²) in [5.74, 6) is 0.0383. The van der Waals surface area contributed by atoms with Crippen molar-refractivity contribution in [3.05, 3.63) is 63.8 Å². The number of hydrogen-bond acceptors (Lipinski definition) is 3. The molecule has 1 amide bonds. The minimum Gasteiger partial charge on any atom is -0.361 e. The van der Waals surface area contributed by atoms with Gasteiger partial charge in [-0.25, -0.2) is 0 Å². The van der Waals surface area contributed by atoms with Crippen molar-refractivity contribution in [1.82, 2.24) is 14.6 Å². The van der Waals surface area contributed by atoms with Crippen LogP contribution in [0.5, 0.6) is 0 Å². The summed E-state index contributed by atoms with van der Waals surface area (Å²) in [5.41, 5.74) is 0.382. The van der Waals surface area contributed by atoms with Crippen molar-refractivity contribution in [2.24, 2.45) is 0 Å². The van der Waals surface area contributed by atoms with Crippen molar-refractivity contribution in [2.75, 3.05) is 7.05 Å². The Morgan fingerprint density at radius 1 is 1.23 bits per heavy atom. The molecule has 0 fully saturated rings. The van der Waals surface area contributed by atoms with E-state index in [2.05, 4.69) is 5.16 Å². The van der Waals surface area contributed by atoms with Gasteiger partial charge in [-0.1, -0.05) is 28.9 Å². The average Bonchev–Trinajstić information content (AvgIpc) is 3.22. The molecule has 0 saturated carbocycles. The van der Waals surface area contributed by atoms with Gasteiger partial charge in [-0.3, -0.25) is 4.79 Å². The molecule has 0 radical (unpaired) electrons. The molecule has 0 atom stereocenters. The second kappa shape index (κ2) is 8.42. The van der Waals surface area contributed by atoms with E-state index in [0.717, 1.165) is 4.57 Å². The van der Waals surface area contributed by atoms with Gasteiger partial charge in [0.15, 0.2) is 0 Å². The van der Waals surface area contributed by atoms with Gasteiger partial charge in [0.2, 0.25) is 0 Å². The third-order valence-corrected chi connectivity index (χ3v) is 5.24. The predicted octanol–water partition coefficient (Wildman–Crippen LogP) is 6.29. The van der Waals surface area contributed by atoms with E-state index < -0.39 is 23.8 Å². The molecule has 2 aromatic heterocycles. The van der Waals surface area contributed by atoms with E-state index in [1.54, 1.807) is 51.1 Å². The number of aromatic nitrogens is 2. The Balaban J connectivity index is 2.22. The van der Waals surface area contributed by atoms with Crippen molar-refractivity contribution >= 4 is 17.5 Å². The molecule has 0 N–H and O–H groups in total. The van der Waals surface area contributed by atoms with Crippen LogP contribution < -0.4 is 0 Å². The number of halogens is 4. The van der Waals surface area contributed by atoms with Gasteiger partial charge < -0.3 is 14.0 Å². The maximum Gasteiger partial charge on any atom is 0.431 e. The molecule has 0 bridgehead atoms. The zero-order chi connectivity index (χ0) is 23.1. The molecule has 0 aliphatic rings. The van der Waals surface area contributed by atoms with E-state index in [1.165, 1.54) is 18.9 Å². The number of rotatable bonds is 5. The number of hydrogen-bond donors (Lipinski definition) is 0. The fraction of sp³-hybridized carbons (Fsp3) is 0.364. The number of nitrogens with zero attached hydrogens (tertiary/aromatic N) is 3. The summed E-state index contributed by atoms with van der Waals surface area (Å²) in [4.78, 5) is 14.8. The van der Waals surface area contributed by atoms with Crippen molar-refractivity contribution in [3.63, 3.8) is 0 Å². The summed E-state index contributed by atoms with van der Waals surface area (Å²) in [7, 11) is 1.53. The van der Waals surface area contributed by atoms with Gasteiger partial charge in [0.25, 0.3) is 5.91 Å². The lowest BCUT2D eigenvalue weighted by atomic mass is 10.00. The normalized spacial score (nSPS) is 11.9. The highest BCUT2D eigenvalue weighted by molar-refractivity contribution is 6.30. The Labute approximate surface area is 183 Å². The van der Waals surface area contributed by atoms with Crippen LogP contribution in [-0.2, 0) is 12.7 Å². The van der Waals surface area contributed by atoms with Gasteiger partial charge >= 0.3 is 6.18 Å². The minimum absolute atomic E-state index is 0.00227. The molecule has 166 valence electrons. The van der Waals surface area contributed by atoms with E-state index in [9.17, 15) is 18.0 Å². The van der Waals surface area contributed by atoms with Crippen molar-refractivity contribution in [3.8, 4) is 11.1 Å². The van der Waals surface area contributed by atoms with Gasteiger partial charge in [0, 0.05) is 29.7 Å². The third-order valence-electron chi connectivity index (χ3n) is 4.99. The maximum absolute atomic E-state index is 14.1. The lowest BCUT2D eigenvalue weighted by Crippen LogP contribution is -2.30. The molecule has 2 heterocycles. The van der Waals surface area contributed by atoms with Crippen molar-refractivity contribution in [1.29, 1.82) is 0 Å². The van der Waals surface area contributed by atoms with E-state index in [4.69, 9.17) is 16.1 Å². The molecule has 0 aliphatic carbocycles. The predicted molar refractivity (Wildman–Crippen MR) is 112 cm³/mol. The largest absolute Gasteiger partial charge is 0.431 e. The van der Waals surface area contributed by atoms with Crippen LogP contribution in [0.4, 0.5) is 13.2 Å². The van der Waals surface area contributed by atoms with Crippen molar-refractivity contribution < 1.29 is 22.5 Å². The summed E-state index contributed by atoms with van der Waals surface area (Å²) in [6, 6.07) is 7.50. The molecule has 9 heteroatoms. The second-order valence-electron chi connectivity index (χ2n) is 7.76. The van der Waals surface area contributed by atoms with E-state index in [-0.39, 0.29) is 23.4 Å². The number of amides is 1. The molecule has 0 saturated heterocycles. The molecule has 0 unspecified atom stereocenters. The number of alkyl halides is 3. The van der Waals surface area contributed by atoms with Crippen LogP contribution in [0.2, 0.25) is 5.02 Å². The van der Waals surface area contributed by atoms with E-state index in [1.807, 2.05) is 0 Å². The molecule has 0 aliphatic heterocycles. The molecule has 0 spiro atoms. The molecule has 3 aromatic rings. The zero-order valence-corrected chi connectivity index (χ0v) is 18.6. The van der Waals surface area contributed by atoms with Crippen LogP contribution >= 0.6 is 11.6 Å². The van der Waals surface area contributed by atoms with Gasteiger partial charge in [-0.2, -0.15) is 13.2 Å². The standard InChI is InChI=1S/C22H23ClF3N3O2/c1-12(2)29-19(21(30)28(5)11-17-10-13(3)31-27-17)18(14(4)20(29)22(24,25)26)15-6-8-16(23)9-7-15/h6-10,12H,11H2,1-5H3. The number of carbonyl (C=O) groups is 1. The molecule has 3 rings (SSSR count). The summed E-state index contributed by atoms with van der Waals surface area (Å²) in [6.07, 6.45) is -4.63. The Morgan fingerprint density at radius 3 is 2.32 bits per heavy atom. The summed E-state index contributed by atoms with van der Waals surface area (Å²) < 4.78 is 48.3. The second-order valence-corrected chi connectivity index (χ2v) is 8.19. The zero-order valence-electron chi connectivity index (χ0n) is 17.8. The Kier molecular flexibility index (Phi) is 6.23. The number of aryl methyl sites for hydroxylation is 1. The van der Waals surface area contributed by atoms with Crippen LogP contribution in [0.15, 0.2) is 34.9 Å². The highest BCUT2D eigenvalue weighted by Crippen LogP contribution is 2.43. The van der Waals surface area contributed by atoms with Crippen LogP contribution in [0.3, 0.4) is 0 Å². The van der Waals surface area contributed by atoms with Crippen LogP contribution in [0.25, 0.3) is 11.1 Å². The monoisotopic (exact) mass is 453 g/mol. The van der Waals surface area contributed by atoms with Crippen molar-refractivity contribution in [2.45, 2.75) is 46.5 Å². The summed E-state index contributed by atoms with van der Waals surface area (Å²) >= 11 is 5.97. The lowest BCUT2D eigenvalue weighted by molar-refractivity contribution is -0.144. The number of carbonyl (C=O) groups excluding carboxylic acids is 1. The summed E-state index contributed by atoms with van der Waals surface area (Å²) in [6.45, 7) is 6.46. The van der Waals surface area contributed by atoms with Crippen LogP contribution in [0, 0.1) is 13.8 Å². The fourth-order valence-electron chi connectivity index (χ4n) is 3.74. The van der Waals surface area contributed by atoms with Gasteiger partial charge in [0.1, 0.15) is 22.8 Å². The minimum atomic E-state index is -4.63. The van der Waals surface area contributed by atoms with Gasteiger partial charge in [-0.05, 0) is 51.0 Å². The van der Waals surface area contributed by atoms with Gasteiger partial charge in [-0.15, -0.1) is 0 Å². The van der Waals surface area contributed by atoms with E-state index >= 15 is 0 Å². The van der Waals surface area contributed by atoms with Gasteiger partial charge in [0.05, 0.1) is 6.54 Å². The molecule has 1 aromatic carbocycles. The highest BCUT2D eigenvalue weighted by Gasteiger charge is 2.42. The average molecular weight is 454 g/mol. The topological polar surface area (TPSA) is 51.3 Å². The molecular weight excluding hydrogens is 431 g/mol. The Morgan fingerprint density at radius 2 is 1.84 bits per heavy atom. The smallest absolute Gasteiger partial charge is 0.361 e. The Hall–Kier alpha value is -2.74.